The topological polar surface area (TPSA) is 73.0 Å². The van der Waals surface area contributed by atoms with Crippen molar-refractivity contribution in [1.82, 2.24) is 14.7 Å². The smallest absolute Gasteiger partial charge is 0.320 e. The number of benzene rings is 1. The minimum atomic E-state index is -0.569. The molecule has 7 heteroatoms. The minimum Gasteiger partial charge on any atom is -0.320 e. The molecule has 0 saturated carbocycles. The molecule has 0 unspecified atom stereocenters. The minimum absolute atomic E-state index is 0.174. The number of nitrogens with one attached hydrogen (secondary N) is 1. The Morgan fingerprint density at radius 3 is 2.52 bits per heavy atom. The molecule has 2 fully saturated rings. The molecule has 5 amide bonds. The molecule has 1 N–H and O–H groups in total. The number of urea groups is 2. The van der Waals surface area contributed by atoms with E-state index in [1.54, 1.807) is 21.9 Å². The molecule has 1 aromatic carbocycles. The maximum atomic E-state index is 12.4. The molecule has 122 valence electrons. The third-order valence-corrected chi connectivity index (χ3v) is 4.18. The van der Waals surface area contributed by atoms with Crippen LogP contribution in [0.3, 0.4) is 0 Å². The maximum absolute atomic E-state index is 12.4. The first-order valence-electron chi connectivity index (χ1n) is 7.73. The van der Waals surface area contributed by atoms with E-state index in [4.69, 9.17) is 0 Å². The van der Waals surface area contributed by atoms with Gasteiger partial charge in [-0.15, -0.1) is 0 Å². The number of carbonyl (C=O) groups is 3. The number of hydrogen-bond acceptors (Lipinski definition) is 3. The highest BCUT2D eigenvalue weighted by Crippen LogP contribution is 2.24. The number of amides is 5. The summed E-state index contributed by atoms with van der Waals surface area (Å²) in [6.45, 7) is 4.65. The van der Waals surface area contributed by atoms with Gasteiger partial charge in [0.1, 0.15) is 6.04 Å². The first-order valence-corrected chi connectivity index (χ1v) is 7.73. The number of imide groups is 1. The van der Waals surface area contributed by atoms with Crippen molar-refractivity contribution >= 4 is 23.7 Å². The highest BCUT2D eigenvalue weighted by molar-refractivity contribution is 6.05. The van der Waals surface area contributed by atoms with Crippen LogP contribution >= 0.6 is 0 Å². The van der Waals surface area contributed by atoms with Gasteiger partial charge < -0.3 is 15.1 Å². The SMILES string of the molecule is CC(C)N1C(=O)[C@@H]2CN(C(=O)Nc3ccccc3)CCN2C1=O. The second-order valence-electron chi connectivity index (χ2n) is 6.04. The van der Waals surface area contributed by atoms with Gasteiger partial charge in [0.25, 0.3) is 5.91 Å². The summed E-state index contributed by atoms with van der Waals surface area (Å²) in [5, 5.41) is 2.81. The van der Waals surface area contributed by atoms with Crippen molar-refractivity contribution in [3.63, 3.8) is 0 Å². The van der Waals surface area contributed by atoms with Gasteiger partial charge in [0.2, 0.25) is 0 Å². The Hall–Kier alpha value is -2.57. The Balaban J connectivity index is 1.69. The molecule has 2 heterocycles. The van der Waals surface area contributed by atoms with Gasteiger partial charge in [0.05, 0.1) is 6.54 Å². The fourth-order valence-electron chi connectivity index (χ4n) is 3.00. The van der Waals surface area contributed by atoms with Crippen LogP contribution in [0.1, 0.15) is 13.8 Å². The monoisotopic (exact) mass is 316 g/mol. The summed E-state index contributed by atoms with van der Waals surface area (Å²) in [7, 11) is 0. The van der Waals surface area contributed by atoms with Crippen molar-refractivity contribution in [2.75, 3.05) is 25.0 Å². The number of anilines is 1. The molecular weight excluding hydrogens is 296 g/mol. The van der Waals surface area contributed by atoms with E-state index >= 15 is 0 Å². The lowest BCUT2D eigenvalue weighted by molar-refractivity contribution is -0.130. The highest BCUT2D eigenvalue weighted by Gasteiger charge is 2.49. The van der Waals surface area contributed by atoms with Gasteiger partial charge in [-0.1, -0.05) is 18.2 Å². The van der Waals surface area contributed by atoms with Gasteiger partial charge in [-0.05, 0) is 26.0 Å². The summed E-state index contributed by atoms with van der Waals surface area (Å²) in [6.07, 6.45) is 0. The van der Waals surface area contributed by atoms with Crippen LogP contribution in [-0.2, 0) is 4.79 Å². The van der Waals surface area contributed by atoms with E-state index in [1.807, 2.05) is 32.0 Å². The Morgan fingerprint density at radius 2 is 1.87 bits per heavy atom. The normalized spacial score (nSPS) is 21.0. The molecular formula is C16H20N4O3. The lowest BCUT2D eigenvalue weighted by Gasteiger charge is -2.35. The summed E-state index contributed by atoms with van der Waals surface area (Å²) in [5.74, 6) is -0.220. The summed E-state index contributed by atoms with van der Waals surface area (Å²) < 4.78 is 0. The molecule has 7 nitrogen and oxygen atoms in total. The van der Waals surface area contributed by atoms with Gasteiger partial charge in [-0.25, -0.2) is 9.59 Å². The van der Waals surface area contributed by atoms with Gasteiger partial charge in [0, 0.05) is 24.8 Å². The van der Waals surface area contributed by atoms with Crippen LogP contribution < -0.4 is 5.32 Å². The number of rotatable bonds is 2. The van der Waals surface area contributed by atoms with Crippen LogP contribution in [0.15, 0.2) is 30.3 Å². The maximum Gasteiger partial charge on any atom is 0.327 e. The zero-order valence-electron chi connectivity index (χ0n) is 13.2. The Labute approximate surface area is 134 Å². The predicted molar refractivity (Wildman–Crippen MR) is 84.9 cm³/mol. The Morgan fingerprint density at radius 1 is 1.17 bits per heavy atom. The third-order valence-electron chi connectivity index (χ3n) is 4.18. The molecule has 0 aliphatic carbocycles. The molecule has 3 rings (SSSR count). The van der Waals surface area contributed by atoms with Crippen LogP contribution in [0.2, 0.25) is 0 Å². The average molecular weight is 316 g/mol. The van der Waals surface area contributed by atoms with Gasteiger partial charge in [-0.3, -0.25) is 9.69 Å². The van der Waals surface area contributed by atoms with E-state index in [2.05, 4.69) is 5.32 Å². The van der Waals surface area contributed by atoms with Crippen LogP contribution in [0, 0.1) is 0 Å². The number of carbonyl (C=O) groups excluding carboxylic acids is 3. The van der Waals surface area contributed by atoms with Crippen molar-refractivity contribution < 1.29 is 14.4 Å². The van der Waals surface area contributed by atoms with Crippen molar-refractivity contribution in [2.45, 2.75) is 25.9 Å². The van der Waals surface area contributed by atoms with Crippen LogP contribution in [0.5, 0.6) is 0 Å². The molecule has 23 heavy (non-hydrogen) atoms. The molecule has 2 saturated heterocycles. The first kappa shape index (κ1) is 15.3. The van der Waals surface area contributed by atoms with Crippen LogP contribution in [-0.4, -0.2) is 64.4 Å². The first-order chi connectivity index (χ1) is 11.0. The number of hydrogen-bond donors (Lipinski definition) is 1. The average Bonchev–Trinajstić information content (AvgIpc) is 2.79. The summed E-state index contributed by atoms with van der Waals surface area (Å²) >= 11 is 0. The van der Waals surface area contributed by atoms with Crippen LogP contribution in [0.4, 0.5) is 15.3 Å². The number of fused-ring (bicyclic) bond motifs is 1. The van der Waals surface area contributed by atoms with E-state index in [0.717, 1.165) is 0 Å². The summed E-state index contributed by atoms with van der Waals surface area (Å²) in [6, 6.07) is 7.92. The van der Waals surface area contributed by atoms with E-state index in [9.17, 15) is 14.4 Å². The summed E-state index contributed by atoms with van der Waals surface area (Å²) in [5.41, 5.74) is 0.706. The molecule has 0 aromatic heterocycles. The fraction of sp³-hybridized carbons (Fsp3) is 0.438. The van der Waals surface area contributed by atoms with E-state index in [1.165, 1.54) is 4.90 Å². The quantitative estimate of drug-likeness (QED) is 0.842. The van der Waals surface area contributed by atoms with Gasteiger partial charge in [0.15, 0.2) is 0 Å². The summed E-state index contributed by atoms with van der Waals surface area (Å²) in [4.78, 5) is 41.5. The van der Waals surface area contributed by atoms with Crippen molar-refractivity contribution in [1.29, 1.82) is 0 Å². The fourth-order valence-corrected chi connectivity index (χ4v) is 3.00. The Kier molecular flexibility index (Phi) is 3.94. The zero-order chi connectivity index (χ0) is 16.6. The molecule has 2 aliphatic heterocycles. The van der Waals surface area contributed by atoms with E-state index in [0.29, 0.717) is 18.8 Å². The molecule has 1 atom stereocenters. The molecule has 0 radical (unpaired) electrons. The Bertz CT molecular complexity index is 631. The number of nitrogens with zero attached hydrogens (tertiary/aromatic N) is 3. The lowest BCUT2D eigenvalue weighted by Crippen LogP contribution is -2.55. The number of para-hydroxylation sites is 1. The van der Waals surface area contributed by atoms with Gasteiger partial charge >= 0.3 is 12.1 Å². The van der Waals surface area contributed by atoms with Crippen molar-refractivity contribution in [3.8, 4) is 0 Å². The lowest BCUT2D eigenvalue weighted by atomic mass is 10.2. The van der Waals surface area contributed by atoms with E-state index < -0.39 is 6.04 Å². The predicted octanol–water partition coefficient (Wildman–Crippen LogP) is 1.58. The third kappa shape index (κ3) is 2.74. The molecule has 2 aliphatic rings. The van der Waals surface area contributed by atoms with Crippen LogP contribution in [0.25, 0.3) is 0 Å². The molecule has 1 aromatic rings. The standard InChI is InChI=1S/C16H20N4O3/c1-11(2)20-14(21)13-10-18(8-9-19(13)16(20)23)15(22)17-12-6-4-3-5-7-12/h3-7,11,13H,8-10H2,1-2H3,(H,17,22)/t13-/m0/s1. The van der Waals surface area contributed by atoms with Gasteiger partial charge in [-0.2, -0.15) is 0 Å². The largest absolute Gasteiger partial charge is 0.327 e. The van der Waals surface area contributed by atoms with Crippen molar-refractivity contribution in [2.24, 2.45) is 0 Å². The zero-order valence-corrected chi connectivity index (χ0v) is 13.2. The van der Waals surface area contributed by atoms with E-state index in [-0.39, 0.29) is 30.6 Å². The second kappa shape index (κ2) is 5.91. The second-order valence-corrected chi connectivity index (χ2v) is 6.04. The van der Waals surface area contributed by atoms with Crippen molar-refractivity contribution in [3.05, 3.63) is 30.3 Å². The molecule has 0 bridgehead atoms. The number of piperazine rings is 1. The highest BCUT2D eigenvalue weighted by atomic mass is 16.2. The molecule has 0 spiro atoms.